The zero-order valence-electron chi connectivity index (χ0n) is 9.91. The van der Waals surface area contributed by atoms with Gasteiger partial charge in [-0.3, -0.25) is 0 Å². The van der Waals surface area contributed by atoms with Crippen molar-refractivity contribution < 1.29 is 8.42 Å². The highest BCUT2D eigenvalue weighted by Crippen LogP contribution is 2.23. The number of halogens is 1. The van der Waals surface area contributed by atoms with Crippen molar-refractivity contribution in [3.05, 3.63) is 0 Å². The molecule has 0 aliphatic heterocycles. The summed E-state index contributed by atoms with van der Waals surface area (Å²) in [5, 5.41) is -0.0919. The maximum absolute atomic E-state index is 11.9. The van der Waals surface area contributed by atoms with Gasteiger partial charge in [-0.2, -0.15) is 0 Å². The normalized spacial score (nSPS) is 20.9. The average Bonchev–Trinajstić information content (AvgIpc) is 2.30. The second-order valence-electron chi connectivity index (χ2n) is 4.49. The van der Waals surface area contributed by atoms with E-state index in [0.717, 1.165) is 32.1 Å². The Kier molecular flexibility index (Phi) is 6.08. The lowest BCUT2D eigenvalue weighted by molar-refractivity contribution is 0.477. The summed E-state index contributed by atoms with van der Waals surface area (Å²) in [6.45, 7) is 2.48. The number of hydrogen-bond donors (Lipinski definition) is 1. The van der Waals surface area contributed by atoms with Crippen molar-refractivity contribution in [2.45, 2.75) is 62.5 Å². The molecule has 1 N–H and O–H groups in total. The van der Waals surface area contributed by atoms with Gasteiger partial charge < -0.3 is 0 Å². The SMILES string of the molecule is CCC(Cl)CCNS(=O)(=O)C1CCCCC1. The molecule has 1 rings (SSSR count). The molecule has 0 aromatic rings. The Bertz CT molecular complexity index is 286. The Morgan fingerprint density at radius 3 is 2.50 bits per heavy atom. The Morgan fingerprint density at radius 1 is 1.31 bits per heavy atom. The van der Waals surface area contributed by atoms with E-state index < -0.39 is 10.0 Å². The van der Waals surface area contributed by atoms with Gasteiger partial charge in [0, 0.05) is 11.9 Å². The van der Waals surface area contributed by atoms with Gasteiger partial charge in [0.25, 0.3) is 0 Å². The fraction of sp³-hybridized carbons (Fsp3) is 1.00. The predicted octanol–water partition coefficient (Wildman–Crippen LogP) is 2.65. The van der Waals surface area contributed by atoms with Crippen molar-refractivity contribution in [3.63, 3.8) is 0 Å². The molecule has 5 heteroatoms. The summed E-state index contributed by atoms with van der Waals surface area (Å²) >= 11 is 5.95. The first kappa shape index (κ1) is 14.3. The summed E-state index contributed by atoms with van der Waals surface area (Å²) in [4.78, 5) is 0. The molecule has 1 unspecified atom stereocenters. The lowest BCUT2D eigenvalue weighted by Gasteiger charge is -2.22. The van der Waals surface area contributed by atoms with Crippen LogP contribution in [-0.4, -0.2) is 25.6 Å². The van der Waals surface area contributed by atoms with Crippen molar-refractivity contribution in [2.24, 2.45) is 0 Å². The largest absolute Gasteiger partial charge is 0.215 e. The van der Waals surface area contributed by atoms with Crippen LogP contribution in [0.1, 0.15) is 51.9 Å². The number of sulfonamides is 1. The van der Waals surface area contributed by atoms with Crippen molar-refractivity contribution in [2.75, 3.05) is 6.54 Å². The predicted molar refractivity (Wildman–Crippen MR) is 68.3 cm³/mol. The van der Waals surface area contributed by atoms with Crippen LogP contribution < -0.4 is 4.72 Å². The van der Waals surface area contributed by atoms with Crippen LogP contribution in [0.25, 0.3) is 0 Å². The molecular formula is C11H22ClNO2S. The van der Waals surface area contributed by atoms with Crippen molar-refractivity contribution in [1.29, 1.82) is 0 Å². The molecule has 0 aromatic carbocycles. The highest BCUT2D eigenvalue weighted by Gasteiger charge is 2.26. The first-order valence-electron chi connectivity index (χ1n) is 6.19. The average molecular weight is 268 g/mol. The smallest absolute Gasteiger partial charge is 0.214 e. The van der Waals surface area contributed by atoms with E-state index in [2.05, 4.69) is 4.72 Å². The molecule has 1 aliphatic carbocycles. The molecule has 16 heavy (non-hydrogen) atoms. The Morgan fingerprint density at radius 2 is 1.94 bits per heavy atom. The fourth-order valence-corrected chi connectivity index (χ4v) is 3.76. The Labute approximate surface area is 104 Å². The minimum atomic E-state index is -3.10. The minimum absolute atomic E-state index is 0.0778. The third-order valence-electron chi connectivity index (χ3n) is 3.19. The number of rotatable bonds is 6. The standard InChI is InChI=1S/C11H22ClNO2S/c1-2-10(12)8-9-13-16(14,15)11-6-4-3-5-7-11/h10-11,13H,2-9H2,1H3. The second kappa shape index (κ2) is 6.82. The zero-order valence-corrected chi connectivity index (χ0v) is 11.5. The van der Waals surface area contributed by atoms with Crippen LogP contribution >= 0.6 is 11.6 Å². The van der Waals surface area contributed by atoms with Crippen molar-refractivity contribution in [1.82, 2.24) is 4.72 Å². The van der Waals surface area contributed by atoms with E-state index in [4.69, 9.17) is 11.6 Å². The van der Waals surface area contributed by atoms with Gasteiger partial charge in [-0.25, -0.2) is 13.1 Å². The van der Waals surface area contributed by atoms with Gasteiger partial charge in [-0.05, 0) is 25.7 Å². The molecule has 0 aromatic heterocycles. The van der Waals surface area contributed by atoms with Crippen LogP contribution in [0.5, 0.6) is 0 Å². The molecule has 0 radical (unpaired) electrons. The molecule has 1 saturated carbocycles. The van der Waals surface area contributed by atoms with E-state index >= 15 is 0 Å². The Balaban J connectivity index is 2.33. The monoisotopic (exact) mass is 267 g/mol. The summed E-state index contributed by atoms with van der Waals surface area (Å²) < 4.78 is 26.5. The summed E-state index contributed by atoms with van der Waals surface area (Å²) in [7, 11) is -3.10. The molecule has 1 fully saturated rings. The van der Waals surface area contributed by atoms with Crippen molar-refractivity contribution >= 4 is 21.6 Å². The van der Waals surface area contributed by atoms with Gasteiger partial charge in [0.05, 0.1) is 5.25 Å². The molecule has 0 bridgehead atoms. The van der Waals surface area contributed by atoms with Crippen LogP contribution in [0.15, 0.2) is 0 Å². The number of alkyl halides is 1. The van der Waals surface area contributed by atoms with E-state index in [1.165, 1.54) is 6.42 Å². The molecule has 1 atom stereocenters. The topological polar surface area (TPSA) is 46.2 Å². The minimum Gasteiger partial charge on any atom is -0.215 e. The third kappa shape index (κ3) is 4.60. The molecule has 0 amide bonds. The highest BCUT2D eigenvalue weighted by molar-refractivity contribution is 7.90. The lowest BCUT2D eigenvalue weighted by atomic mass is 10.0. The van der Waals surface area contributed by atoms with Gasteiger partial charge >= 0.3 is 0 Å². The van der Waals surface area contributed by atoms with E-state index in [9.17, 15) is 8.42 Å². The van der Waals surface area contributed by atoms with Gasteiger partial charge in [0.1, 0.15) is 0 Å². The van der Waals surface area contributed by atoms with E-state index in [-0.39, 0.29) is 10.6 Å². The first-order chi connectivity index (χ1) is 7.56. The van der Waals surface area contributed by atoms with Crippen LogP contribution in [0.3, 0.4) is 0 Å². The molecule has 96 valence electrons. The van der Waals surface area contributed by atoms with E-state index in [1.54, 1.807) is 0 Å². The zero-order chi connectivity index (χ0) is 12.0. The molecule has 0 spiro atoms. The lowest BCUT2D eigenvalue weighted by Crippen LogP contribution is -2.36. The molecular weight excluding hydrogens is 246 g/mol. The summed E-state index contributed by atoms with van der Waals surface area (Å²) in [5.74, 6) is 0. The van der Waals surface area contributed by atoms with E-state index in [0.29, 0.717) is 13.0 Å². The molecule has 0 heterocycles. The van der Waals surface area contributed by atoms with Gasteiger partial charge in [-0.1, -0.05) is 26.2 Å². The molecule has 0 saturated heterocycles. The van der Waals surface area contributed by atoms with Crippen molar-refractivity contribution in [3.8, 4) is 0 Å². The maximum Gasteiger partial charge on any atom is 0.214 e. The maximum atomic E-state index is 11.9. The van der Waals surface area contributed by atoms with Gasteiger partial charge in [0.15, 0.2) is 0 Å². The van der Waals surface area contributed by atoms with Crippen LogP contribution in [0.2, 0.25) is 0 Å². The second-order valence-corrected chi connectivity index (χ2v) is 7.16. The quantitative estimate of drug-likeness (QED) is 0.752. The van der Waals surface area contributed by atoms with Gasteiger partial charge in [-0.15, -0.1) is 11.6 Å². The summed E-state index contributed by atoms with van der Waals surface area (Å²) in [5.41, 5.74) is 0. The summed E-state index contributed by atoms with van der Waals surface area (Å²) in [6.07, 6.45) is 6.47. The number of nitrogens with one attached hydrogen (secondary N) is 1. The van der Waals surface area contributed by atoms with Gasteiger partial charge in [0.2, 0.25) is 10.0 Å². The van der Waals surface area contributed by atoms with Crippen LogP contribution in [0.4, 0.5) is 0 Å². The first-order valence-corrected chi connectivity index (χ1v) is 8.17. The van der Waals surface area contributed by atoms with E-state index in [1.807, 2.05) is 6.92 Å². The molecule has 1 aliphatic rings. The number of hydrogen-bond acceptors (Lipinski definition) is 2. The third-order valence-corrected chi connectivity index (χ3v) is 5.68. The van der Waals surface area contributed by atoms with Crippen LogP contribution in [0, 0.1) is 0 Å². The highest BCUT2D eigenvalue weighted by atomic mass is 35.5. The fourth-order valence-electron chi connectivity index (χ4n) is 2.06. The Hall–Kier alpha value is 0.200. The van der Waals surface area contributed by atoms with Crippen LogP contribution in [-0.2, 0) is 10.0 Å². The summed E-state index contributed by atoms with van der Waals surface area (Å²) in [6, 6.07) is 0. The molecule has 3 nitrogen and oxygen atoms in total.